The summed E-state index contributed by atoms with van der Waals surface area (Å²) in [5.41, 5.74) is 0.465. The molecule has 1 rings (SSSR count). The van der Waals surface area contributed by atoms with Gasteiger partial charge >= 0.3 is 0 Å². The van der Waals surface area contributed by atoms with Crippen LogP contribution in [0.2, 0.25) is 0 Å². The number of carbonyl (C=O) groups is 2. The van der Waals surface area contributed by atoms with Gasteiger partial charge in [0, 0.05) is 24.9 Å². The van der Waals surface area contributed by atoms with Gasteiger partial charge in [-0.1, -0.05) is 52.9 Å². The molecule has 1 aromatic heterocycles. The monoisotopic (exact) mass is 381 g/mol. The lowest BCUT2D eigenvalue weighted by atomic mass is 10.1. The summed E-state index contributed by atoms with van der Waals surface area (Å²) in [6.45, 7) is 8.36. The fraction of sp³-hybridized carbons (Fsp3) is 0.750. The molecule has 0 saturated carbocycles. The molecule has 0 radical (unpaired) electrons. The van der Waals surface area contributed by atoms with E-state index in [1.54, 1.807) is 5.38 Å². The van der Waals surface area contributed by atoms with E-state index in [4.69, 9.17) is 0 Å². The molecular weight excluding hydrogens is 346 g/mol. The van der Waals surface area contributed by atoms with Crippen molar-refractivity contribution in [1.82, 2.24) is 15.2 Å². The molecule has 0 unspecified atom stereocenters. The Morgan fingerprint density at radius 1 is 1.04 bits per heavy atom. The molecule has 1 heterocycles. The Balaban J connectivity index is 2.58. The molecule has 26 heavy (non-hydrogen) atoms. The van der Waals surface area contributed by atoms with Gasteiger partial charge in [0.15, 0.2) is 0 Å². The molecule has 0 aromatic carbocycles. The highest BCUT2D eigenvalue weighted by Gasteiger charge is 2.17. The predicted octanol–water partition coefficient (Wildman–Crippen LogP) is 4.77. The summed E-state index contributed by atoms with van der Waals surface area (Å²) in [5.74, 6) is 0.0886. The first-order valence-electron chi connectivity index (χ1n) is 10.1. The molecule has 0 aliphatic carbocycles. The van der Waals surface area contributed by atoms with Crippen LogP contribution < -0.4 is 5.32 Å². The second-order valence-electron chi connectivity index (χ2n) is 6.72. The summed E-state index contributed by atoms with van der Waals surface area (Å²) in [6, 6.07) is 0. The first-order chi connectivity index (χ1) is 12.6. The van der Waals surface area contributed by atoms with Gasteiger partial charge in [-0.15, -0.1) is 11.3 Å². The number of nitrogens with one attached hydrogen (secondary N) is 1. The maximum atomic E-state index is 12.6. The molecular formula is C20H35N3O2S. The zero-order valence-corrected chi connectivity index (χ0v) is 17.5. The standard InChI is InChI=1S/C20H35N3O2S/c1-4-7-10-11-12-19(24)23(14-9-6-3)15-18-22-17(16-26-18)20(25)21-13-8-5-2/h16H,4-15H2,1-3H3,(H,21,25). The minimum atomic E-state index is -0.119. The number of unbranched alkanes of at least 4 members (excludes halogenated alkanes) is 5. The average molecular weight is 382 g/mol. The molecule has 2 amide bonds. The van der Waals surface area contributed by atoms with E-state index in [1.165, 1.54) is 24.2 Å². The van der Waals surface area contributed by atoms with Gasteiger partial charge in [0.25, 0.3) is 5.91 Å². The Morgan fingerprint density at radius 2 is 1.77 bits per heavy atom. The van der Waals surface area contributed by atoms with Crippen LogP contribution in [-0.2, 0) is 11.3 Å². The highest BCUT2D eigenvalue weighted by molar-refractivity contribution is 7.09. The fourth-order valence-corrected chi connectivity index (χ4v) is 3.41. The molecule has 6 heteroatoms. The predicted molar refractivity (Wildman–Crippen MR) is 108 cm³/mol. The molecule has 5 nitrogen and oxygen atoms in total. The van der Waals surface area contributed by atoms with Crippen LogP contribution >= 0.6 is 11.3 Å². The van der Waals surface area contributed by atoms with Crippen LogP contribution in [0.15, 0.2) is 5.38 Å². The van der Waals surface area contributed by atoms with Crippen molar-refractivity contribution in [2.24, 2.45) is 0 Å². The van der Waals surface area contributed by atoms with Gasteiger partial charge in [0.2, 0.25) is 5.91 Å². The van der Waals surface area contributed by atoms with E-state index in [9.17, 15) is 9.59 Å². The molecule has 0 spiro atoms. The number of hydrogen-bond donors (Lipinski definition) is 1. The van der Waals surface area contributed by atoms with Crippen molar-refractivity contribution in [1.29, 1.82) is 0 Å². The van der Waals surface area contributed by atoms with Crippen LogP contribution in [0.1, 0.15) is 94.1 Å². The van der Waals surface area contributed by atoms with Gasteiger partial charge in [0.05, 0.1) is 6.54 Å². The van der Waals surface area contributed by atoms with Gasteiger partial charge in [0.1, 0.15) is 10.7 Å². The van der Waals surface area contributed by atoms with Crippen LogP contribution in [0.3, 0.4) is 0 Å². The minimum Gasteiger partial charge on any atom is -0.351 e. The van der Waals surface area contributed by atoms with Crippen molar-refractivity contribution in [3.8, 4) is 0 Å². The molecule has 0 atom stereocenters. The lowest BCUT2D eigenvalue weighted by molar-refractivity contribution is -0.132. The maximum absolute atomic E-state index is 12.6. The number of hydrogen-bond acceptors (Lipinski definition) is 4. The van der Waals surface area contributed by atoms with Crippen LogP contribution in [0.4, 0.5) is 0 Å². The lowest BCUT2D eigenvalue weighted by Gasteiger charge is -2.21. The van der Waals surface area contributed by atoms with Crippen LogP contribution in [-0.4, -0.2) is 34.8 Å². The second kappa shape index (κ2) is 13.7. The van der Waals surface area contributed by atoms with Crippen LogP contribution in [0.25, 0.3) is 0 Å². The highest BCUT2D eigenvalue weighted by atomic mass is 32.1. The number of amides is 2. The molecule has 0 aliphatic rings. The van der Waals surface area contributed by atoms with Gasteiger partial charge in [-0.25, -0.2) is 4.98 Å². The van der Waals surface area contributed by atoms with Crippen molar-refractivity contribution in [2.45, 2.75) is 85.1 Å². The molecule has 0 bridgehead atoms. The van der Waals surface area contributed by atoms with E-state index in [0.717, 1.165) is 50.1 Å². The number of carbonyl (C=O) groups excluding carboxylic acids is 2. The van der Waals surface area contributed by atoms with E-state index in [0.29, 0.717) is 25.2 Å². The number of thiazole rings is 1. The Hall–Kier alpha value is -1.43. The van der Waals surface area contributed by atoms with E-state index >= 15 is 0 Å². The maximum Gasteiger partial charge on any atom is 0.270 e. The summed E-state index contributed by atoms with van der Waals surface area (Å²) < 4.78 is 0. The largest absolute Gasteiger partial charge is 0.351 e. The molecule has 1 aromatic rings. The van der Waals surface area contributed by atoms with Crippen molar-refractivity contribution >= 4 is 23.2 Å². The Bertz CT molecular complexity index is 531. The normalized spacial score (nSPS) is 10.7. The third kappa shape index (κ3) is 8.79. The van der Waals surface area contributed by atoms with Crippen molar-refractivity contribution in [3.05, 3.63) is 16.1 Å². The second-order valence-corrected chi connectivity index (χ2v) is 7.66. The minimum absolute atomic E-state index is 0.119. The molecule has 148 valence electrons. The van der Waals surface area contributed by atoms with Gasteiger partial charge in [-0.05, 0) is 19.3 Å². The molecule has 1 N–H and O–H groups in total. The smallest absolute Gasteiger partial charge is 0.270 e. The third-order valence-electron chi connectivity index (χ3n) is 4.30. The lowest BCUT2D eigenvalue weighted by Crippen LogP contribution is -2.31. The zero-order chi connectivity index (χ0) is 19.2. The average Bonchev–Trinajstić information content (AvgIpc) is 3.11. The number of rotatable bonds is 14. The third-order valence-corrected chi connectivity index (χ3v) is 5.14. The SMILES string of the molecule is CCCCCCC(=O)N(CCCC)Cc1nc(C(=O)NCCCC)cs1. The Labute approximate surface area is 162 Å². The summed E-state index contributed by atoms with van der Waals surface area (Å²) in [4.78, 5) is 31.0. The van der Waals surface area contributed by atoms with Gasteiger partial charge in [-0.3, -0.25) is 9.59 Å². The topological polar surface area (TPSA) is 62.3 Å². The highest BCUT2D eigenvalue weighted by Crippen LogP contribution is 2.15. The zero-order valence-electron chi connectivity index (χ0n) is 16.7. The number of aromatic nitrogens is 1. The summed E-state index contributed by atoms with van der Waals surface area (Å²) >= 11 is 1.46. The van der Waals surface area contributed by atoms with Gasteiger partial charge < -0.3 is 10.2 Å². The van der Waals surface area contributed by atoms with Gasteiger partial charge in [-0.2, -0.15) is 0 Å². The van der Waals surface area contributed by atoms with E-state index in [2.05, 4.69) is 31.1 Å². The first-order valence-corrected chi connectivity index (χ1v) is 11.0. The summed E-state index contributed by atoms with van der Waals surface area (Å²) in [7, 11) is 0. The van der Waals surface area contributed by atoms with Crippen molar-refractivity contribution in [3.63, 3.8) is 0 Å². The van der Waals surface area contributed by atoms with Crippen molar-refractivity contribution < 1.29 is 9.59 Å². The quantitative estimate of drug-likeness (QED) is 0.472. The van der Waals surface area contributed by atoms with E-state index in [1.807, 2.05) is 4.90 Å². The molecule has 0 fully saturated rings. The molecule has 0 saturated heterocycles. The van der Waals surface area contributed by atoms with E-state index in [-0.39, 0.29) is 11.8 Å². The Morgan fingerprint density at radius 3 is 2.46 bits per heavy atom. The van der Waals surface area contributed by atoms with Crippen LogP contribution in [0.5, 0.6) is 0 Å². The van der Waals surface area contributed by atoms with E-state index < -0.39 is 0 Å². The number of nitrogens with zero attached hydrogens (tertiary/aromatic N) is 2. The summed E-state index contributed by atoms with van der Waals surface area (Å²) in [5, 5.41) is 5.52. The fourth-order valence-electron chi connectivity index (χ4n) is 2.62. The first kappa shape index (κ1) is 22.6. The van der Waals surface area contributed by atoms with Crippen molar-refractivity contribution in [2.75, 3.05) is 13.1 Å². The Kier molecular flexibility index (Phi) is 11.9. The molecule has 0 aliphatic heterocycles. The summed E-state index contributed by atoms with van der Waals surface area (Å²) in [6.07, 6.45) is 9.12. The van der Waals surface area contributed by atoms with Crippen LogP contribution in [0, 0.1) is 0 Å².